The van der Waals surface area contributed by atoms with E-state index in [9.17, 15) is 4.79 Å². The van der Waals surface area contributed by atoms with Gasteiger partial charge >= 0.3 is 0 Å². The Bertz CT molecular complexity index is 775. The number of ether oxygens (including phenoxy) is 1. The Morgan fingerprint density at radius 1 is 1.18 bits per heavy atom. The zero-order chi connectivity index (χ0) is 19.9. The van der Waals surface area contributed by atoms with Crippen molar-refractivity contribution in [1.29, 1.82) is 0 Å². The molecule has 0 N–H and O–H groups in total. The summed E-state index contributed by atoms with van der Waals surface area (Å²) in [7, 11) is 0. The van der Waals surface area contributed by atoms with Crippen molar-refractivity contribution in [2.45, 2.75) is 31.3 Å². The summed E-state index contributed by atoms with van der Waals surface area (Å²) < 4.78 is 5.47. The van der Waals surface area contributed by atoms with Crippen LogP contribution in [0.25, 0.3) is 0 Å². The molecular weight excluding hydrogens is 368 g/mol. The summed E-state index contributed by atoms with van der Waals surface area (Å²) in [5.41, 5.74) is 2.99. The standard InChI is InChI=1S/C23H30N2O2S/c1-18-9-10-21(28-3)15-22(18)23(26)25(17-20-7-5-4-6-8-20)19(2)16-24-11-13-27-14-12-24/h4-10,15,19H,11-14,16-17H2,1-3H3. The zero-order valence-corrected chi connectivity index (χ0v) is 17.9. The fourth-order valence-corrected chi connectivity index (χ4v) is 4.02. The van der Waals surface area contributed by atoms with E-state index in [4.69, 9.17) is 4.74 Å². The number of rotatable bonds is 7. The summed E-state index contributed by atoms with van der Waals surface area (Å²) in [6, 6.07) is 16.5. The van der Waals surface area contributed by atoms with Crippen LogP contribution in [0.1, 0.15) is 28.4 Å². The van der Waals surface area contributed by atoms with Crippen LogP contribution in [0.2, 0.25) is 0 Å². The van der Waals surface area contributed by atoms with Gasteiger partial charge in [-0.1, -0.05) is 36.4 Å². The molecule has 1 saturated heterocycles. The van der Waals surface area contributed by atoms with Crippen molar-refractivity contribution in [2.24, 2.45) is 0 Å². The van der Waals surface area contributed by atoms with Crippen LogP contribution in [0.3, 0.4) is 0 Å². The van der Waals surface area contributed by atoms with Gasteiger partial charge in [0, 0.05) is 42.7 Å². The summed E-state index contributed by atoms with van der Waals surface area (Å²) in [5, 5.41) is 0. The van der Waals surface area contributed by atoms with E-state index in [0.717, 1.165) is 54.4 Å². The van der Waals surface area contributed by atoms with Crippen LogP contribution in [0.5, 0.6) is 0 Å². The van der Waals surface area contributed by atoms with Crippen LogP contribution in [0, 0.1) is 6.92 Å². The molecule has 4 nitrogen and oxygen atoms in total. The second-order valence-electron chi connectivity index (χ2n) is 7.36. The van der Waals surface area contributed by atoms with E-state index in [1.807, 2.05) is 48.4 Å². The number of benzene rings is 2. The Hall–Kier alpha value is -1.82. The van der Waals surface area contributed by atoms with Crippen molar-refractivity contribution >= 4 is 17.7 Å². The van der Waals surface area contributed by atoms with Gasteiger partial charge in [0.15, 0.2) is 0 Å². The maximum atomic E-state index is 13.6. The number of carbonyl (C=O) groups is 1. The highest BCUT2D eigenvalue weighted by atomic mass is 32.2. The number of thioether (sulfide) groups is 1. The van der Waals surface area contributed by atoms with Crippen LogP contribution in [0.4, 0.5) is 0 Å². The number of carbonyl (C=O) groups excluding carboxylic acids is 1. The van der Waals surface area contributed by atoms with E-state index in [1.54, 1.807) is 11.8 Å². The number of morpholine rings is 1. The molecular formula is C23H30N2O2S. The molecule has 0 aromatic heterocycles. The fraction of sp³-hybridized carbons (Fsp3) is 0.435. The van der Waals surface area contributed by atoms with E-state index in [0.29, 0.717) is 6.54 Å². The minimum atomic E-state index is 0.109. The first-order valence-electron chi connectivity index (χ1n) is 9.88. The number of hydrogen-bond donors (Lipinski definition) is 0. The van der Waals surface area contributed by atoms with Gasteiger partial charge in [0.25, 0.3) is 5.91 Å². The van der Waals surface area contributed by atoms with Gasteiger partial charge in [-0.3, -0.25) is 9.69 Å². The molecule has 1 atom stereocenters. The largest absolute Gasteiger partial charge is 0.379 e. The van der Waals surface area contributed by atoms with E-state index in [1.165, 1.54) is 0 Å². The molecule has 150 valence electrons. The Morgan fingerprint density at radius 3 is 2.57 bits per heavy atom. The number of amides is 1. The van der Waals surface area contributed by atoms with Gasteiger partial charge in [-0.05, 0) is 43.4 Å². The molecule has 28 heavy (non-hydrogen) atoms. The highest BCUT2D eigenvalue weighted by Crippen LogP contribution is 2.22. The van der Waals surface area contributed by atoms with Crippen molar-refractivity contribution < 1.29 is 9.53 Å². The van der Waals surface area contributed by atoms with Crippen molar-refractivity contribution in [3.05, 3.63) is 65.2 Å². The maximum absolute atomic E-state index is 13.6. The van der Waals surface area contributed by atoms with Crippen LogP contribution in [-0.4, -0.2) is 60.9 Å². The van der Waals surface area contributed by atoms with Gasteiger partial charge in [0.1, 0.15) is 0 Å². The lowest BCUT2D eigenvalue weighted by atomic mass is 10.1. The summed E-state index contributed by atoms with van der Waals surface area (Å²) in [5.74, 6) is 0.109. The fourth-order valence-electron chi connectivity index (χ4n) is 3.58. The van der Waals surface area contributed by atoms with Crippen molar-refractivity contribution in [3.8, 4) is 0 Å². The number of hydrogen-bond acceptors (Lipinski definition) is 4. The Labute approximate surface area is 172 Å². The lowest BCUT2D eigenvalue weighted by Crippen LogP contribution is -2.48. The number of nitrogens with zero attached hydrogens (tertiary/aromatic N) is 2. The van der Waals surface area contributed by atoms with Crippen molar-refractivity contribution in [3.63, 3.8) is 0 Å². The first-order valence-corrected chi connectivity index (χ1v) is 11.1. The first kappa shape index (κ1) is 20.9. The van der Waals surface area contributed by atoms with Gasteiger partial charge in [-0.15, -0.1) is 11.8 Å². The highest BCUT2D eigenvalue weighted by Gasteiger charge is 2.25. The topological polar surface area (TPSA) is 32.8 Å². The SMILES string of the molecule is CSc1ccc(C)c(C(=O)N(Cc2ccccc2)C(C)CN2CCOCC2)c1. The van der Waals surface area contributed by atoms with Gasteiger partial charge < -0.3 is 9.64 Å². The quantitative estimate of drug-likeness (QED) is 0.658. The zero-order valence-electron chi connectivity index (χ0n) is 17.1. The van der Waals surface area contributed by atoms with E-state index in [2.05, 4.69) is 30.0 Å². The Kier molecular flexibility index (Phi) is 7.54. The number of aryl methyl sites for hydroxylation is 1. The van der Waals surface area contributed by atoms with Crippen LogP contribution >= 0.6 is 11.8 Å². The molecule has 0 spiro atoms. The smallest absolute Gasteiger partial charge is 0.254 e. The lowest BCUT2D eigenvalue weighted by Gasteiger charge is -2.35. The third-order valence-electron chi connectivity index (χ3n) is 5.29. The molecule has 5 heteroatoms. The maximum Gasteiger partial charge on any atom is 0.254 e. The third kappa shape index (κ3) is 5.37. The van der Waals surface area contributed by atoms with Crippen LogP contribution in [-0.2, 0) is 11.3 Å². The van der Waals surface area contributed by atoms with Crippen LogP contribution in [0.15, 0.2) is 53.4 Å². The molecule has 1 heterocycles. The van der Waals surface area contributed by atoms with Gasteiger partial charge in [-0.25, -0.2) is 0 Å². The third-order valence-corrected chi connectivity index (χ3v) is 6.02. The summed E-state index contributed by atoms with van der Waals surface area (Å²) in [4.78, 5) is 19.1. The molecule has 3 rings (SSSR count). The average Bonchev–Trinajstić information content (AvgIpc) is 2.73. The molecule has 1 amide bonds. The molecule has 1 unspecified atom stereocenters. The lowest BCUT2D eigenvalue weighted by molar-refractivity contribution is 0.0228. The summed E-state index contributed by atoms with van der Waals surface area (Å²) in [6.45, 7) is 9.06. The summed E-state index contributed by atoms with van der Waals surface area (Å²) >= 11 is 1.67. The molecule has 2 aromatic carbocycles. The minimum absolute atomic E-state index is 0.109. The van der Waals surface area contributed by atoms with E-state index >= 15 is 0 Å². The molecule has 0 bridgehead atoms. The van der Waals surface area contributed by atoms with Crippen LogP contribution < -0.4 is 0 Å². The predicted octanol–water partition coefficient (Wildman–Crippen LogP) is 4.08. The Morgan fingerprint density at radius 2 is 1.89 bits per heavy atom. The molecule has 0 aliphatic carbocycles. The monoisotopic (exact) mass is 398 g/mol. The van der Waals surface area contributed by atoms with Gasteiger partial charge in [0.05, 0.1) is 13.2 Å². The second kappa shape index (κ2) is 10.1. The molecule has 1 aliphatic rings. The molecule has 1 fully saturated rings. The Balaban J connectivity index is 1.85. The van der Waals surface area contributed by atoms with E-state index < -0.39 is 0 Å². The normalized spacial score (nSPS) is 16.0. The first-order chi connectivity index (χ1) is 13.6. The minimum Gasteiger partial charge on any atom is -0.379 e. The van der Waals surface area contributed by atoms with E-state index in [-0.39, 0.29) is 11.9 Å². The van der Waals surface area contributed by atoms with Gasteiger partial charge in [-0.2, -0.15) is 0 Å². The second-order valence-corrected chi connectivity index (χ2v) is 8.24. The average molecular weight is 399 g/mol. The molecule has 2 aromatic rings. The molecule has 0 radical (unpaired) electrons. The van der Waals surface area contributed by atoms with Crippen molar-refractivity contribution in [1.82, 2.24) is 9.80 Å². The molecule has 0 saturated carbocycles. The molecule has 1 aliphatic heterocycles. The van der Waals surface area contributed by atoms with Gasteiger partial charge in [0.2, 0.25) is 0 Å². The highest BCUT2D eigenvalue weighted by molar-refractivity contribution is 7.98. The van der Waals surface area contributed by atoms with Crippen molar-refractivity contribution in [2.75, 3.05) is 39.1 Å². The summed E-state index contributed by atoms with van der Waals surface area (Å²) in [6.07, 6.45) is 2.04. The predicted molar refractivity (Wildman–Crippen MR) is 116 cm³/mol.